The van der Waals surface area contributed by atoms with E-state index in [9.17, 15) is 14.4 Å². The lowest BCUT2D eigenvalue weighted by Gasteiger charge is -2.65. The van der Waals surface area contributed by atoms with Gasteiger partial charge in [0.25, 0.3) is 0 Å². The fraction of sp³-hybridized carbons (Fsp3) is 0.633. The Kier molecular flexibility index (Phi) is 6.21. The van der Waals surface area contributed by atoms with Crippen LogP contribution in [-0.2, 0) is 23.7 Å². The first-order valence-corrected chi connectivity index (χ1v) is 13.9. The molecule has 4 heterocycles. The van der Waals surface area contributed by atoms with Crippen molar-refractivity contribution in [1.82, 2.24) is 0 Å². The Labute approximate surface area is 227 Å². The second-order valence-corrected chi connectivity index (χ2v) is 12.4. The van der Waals surface area contributed by atoms with Crippen molar-refractivity contribution in [2.45, 2.75) is 83.0 Å². The first kappa shape index (κ1) is 26.2. The van der Waals surface area contributed by atoms with Gasteiger partial charge in [-0.15, -0.1) is 0 Å². The molecule has 2 aliphatic carbocycles. The SMILES string of the molecule is C[C@@H]1CC[C@@H]2[C@](C)(COC(=O)c3ccco3)[C@@H](OC(=O)c3ccco3)CC[C@]2(C)[C@@]12CC[C@@]1(COC(=O)C1)O2. The molecule has 2 aromatic rings. The van der Waals surface area contributed by atoms with Crippen LogP contribution in [0.25, 0.3) is 0 Å². The third-order valence-corrected chi connectivity index (χ3v) is 10.4. The monoisotopic (exact) mass is 540 g/mol. The van der Waals surface area contributed by atoms with E-state index in [2.05, 4.69) is 20.8 Å². The van der Waals surface area contributed by atoms with Gasteiger partial charge in [-0.2, -0.15) is 0 Å². The van der Waals surface area contributed by atoms with Gasteiger partial charge >= 0.3 is 17.9 Å². The smallest absolute Gasteiger partial charge is 0.374 e. The quantitative estimate of drug-likeness (QED) is 0.366. The molecule has 9 heteroatoms. The molecule has 7 atom stereocenters. The number of esters is 3. The molecule has 2 saturated carbocycles. The van der Waals surface area contributed by atoms with Crippen LogP contribution in [0.3, 0.4) is 0 Å². The number of fused-ring (bicyclic) bond motifs is 2. The van der Waals surface area contributed by atoms with Crippen LogP contribution in [0.5, 0.6) is 0 Å². The maximum Gasteiger partial charge on any atom is 0.374 e. The van der Waals surface area contributed by atoms with Crippen LogP contribution in [0.1, 0.15) is 86.8 Å². The van der Waals surface area contributed by atoms with Crippen molar-refractivity contribution < 1.29 is 42.2 Å². The Hall–Kier alpha value is -3.07. The van der Waals surface area contributed by atoms with Gasteiger partial charge in [0.15, 0.2) is 0 Å². The lowest BCUT2D eigenvalue weighted by molar-refractivity contribution is -0.265. The summed E-state index contributed by atoms with van der Waals surface area (Å²) in [5, 5.41) is 0. The van der Waals surface area contributed by atoms with Crippen molar-refractivity contribution in [3.63, 3.8) is 0 Å². The van der Waals surface area contributed by atoms with E-state index in [0.29, 0.717) is 13.0 Å². The van der Waals surface area contributed by atoms with Crippen molar-refractivity contribution in [3.05, 3.63) is 48.3 Å². The summed E-state index contributed by atoms with van der Waals surface area (Å²) in [4.78, 5) is 38.0. The van der Waals surface area contributed by atoms with E-state index in [1.54, 1.807) is 24.3 Å². The number of carbonyl (C=O) groups is 3. The van der Waals surface area contributed by atoms with E-state index in [-0.39, 0.29) is 47.8 Å². The number of furan rings is 2. The maximum absolute atomic E-state index is 13.0. The van der Waals surface area contributed by atoms with Crippen LogP contribution in [0.4, 0.5) is 0 Å². The molecule has 39 heavy (non-hydrogen) atoms. The average molecular weight is 541 g/mol. The van der Waals surface area contributed by atoms with Crippen LogP contribution in [0, 0.1) is 22.7 Å². The zero-order valence-electron chi connectivity index (χ0n) is 22.7. The Bertz CT molecular complexity index is 1240. The second kappa shape index (κ2) is 9.25. The van der Waals surface area contributed by atoms with Crippen LogP contribution < -0.4 is 0 Å². The van der Waals surface area contributed by atoms with Crippen molar-refractivity contribution in [3.8, 4) is 0 Å². The number of hydrogen-bond acceptors (Lipinski definition) is 9. The van der Waals surface area contributed by atoms with Crippen molar-refractivity contribution in [1.29, 1.82) is 0 Å². The fourth-order valence-corrected chi connectivity index (χ4v) is 8.36. The van der Waals surface area contributed by atoms with Crippen molar-refractivity contribution in [2.24, 2.45) is 22.7 Å². The first-order valence-electron chi connectivity index (χ1n) is 13.9. The minimum absolute atomic E-state index is 0.0157. The molecule has 0 radical (unpaired) electrons. The topological polar surface area (TPSA) is 114 Å². The summed E-state index contributed by atoms with van der Waals surface area (Å²) in [6.07, 6.45) is 7.37. The third kappa shape index (κ3) is 4.03. The number of ether oxygens (including phenoxy) is 4. The van der Waals surface area contributed by atoms with Crippen molar-refractivity contribution >= 4 is 17.9 Å². The molecule has 0 amide bonds. The van der Waals surface area contributed by atoms with E-state index in [1.165, 1.54) is 12.5 Å². The Morgan fingerprint density at radius 3 is 2.33 bits per heavy atom. The van der Waals surface area contributed by atoms with Crippen LogP contribution in [-0.4, -0.2) is 48.4 Å². The maximum atomic E-state index is 13.0. The normalized spacial score (nSPS) is 39.5. The summed E-state index contributed by atoms with van der Waals surface area (Å²) in [5.74, 6) is -0.746. The van der Waals surface area contributed by atoms with Gasteiger partial charge in [0.05, 0.1) is 24.5 Å². The molecule has 210 valence electrons. The van der Waals surface area contributed by atoms with Gasteiger partial charge in [0.2, 0.25) is 11.5 Å². The third-order valence-electron chi connectivity index (χ3n) is 10.4. The predicted octanol–water partition coefficient (Wildman–Crippen LogP) is 5.34. The van der Waals surface area contributed by atoms with E-state index < -0.39 is 34.7 Å². The molecule has 9 nitrogen and oxygen atoms in total. The standard InChI is InChI=1S/C30H36O9/c1-19-8-9-22-27(2,17-37-25(32)20-6-4-14-34-20)23(38-26(33)21-7-5-15-35-21)10-11-28(22,3)30(19)13-12-29(39-30)16-24(31)36-18-29/h4-7,14-15,19,22-23H,8-13,16-18H2,1-3H3/t19-,22-,23+,27+,28+,29-,30-/m1/s1. The lowest BCUT2D eigenvalue weighted by atomic mass is 9.43. The molecule has 0 N–H and O–H groups in total. The highest BCUT2D eigenvalue weighted by molar-refractivity contribution is 5.87. The van der Waals surface area contributed by atoms with Gasteiger partial charge < -0.3 is 27.8 Å². The molecule has 2 saturated heterocycles. The Morgan fingerprint density at radius 2 is 1.69 bits per heavy atom. The number of rotatable bonds is 5. The highest BCUT2D eigenvalue weighted by atomic mass is 16.6. The van der Waals surface area contributed by atoms with Crippen molar-refractivity contribution in [2.75, 3.05) is 13.2 Å². The summed E-state index contributed by atoms with van der Waals surface area (Å²) in [5.41, 5.74) is -2.06. The summed E-state index contributed by atoms with van der Waals surface area (Å²) in [7, 11) is 0. The van der Waals surface area contributed by atoms with E-state index in [1.807, 2.05) is 0 Å². The summed E-state index contributed by atoms with van der Waals surface area (Å²) < 4.78 is 34.9. The molecule has 2 aliphatic heterocycles. The zero-order valence-corrected chi connectivity index (χ0v) is 22.7. The number of carbonyl (C=O) groups excluding carboxylic acids is 3. The van der Waals surface area contributed by atoms with Gasteiger partial charge in [-0.25, -0.2) is 9.59 Å². The van der Waals surface area contributed by atoms with Gasteiger partial charge in [0, 0.05) is 10.8 Å². The van der Waals surface area contributed by atoms with Gasteiger partial charge in [-0.05, 0) is 74.6 Å². The van der Waals surface area contributed by atoms with Crippen LogP contribution in [0.2, 0.25) is 0 Å². The van der Waals surface area contributed by atoms with Gasteiger partial charge in [-0.3, -0.25) is 4.79 Å². The molecule has 2 aromatic heterocycles. The largest absolute Gasteiger partial charge is 0.463 e. The van der Waals surface area contributed by atoms with Crippen LogP contribution in [0.15, 0.2) is 45.6 Å². The Balaban J connectivity index is 1.33. The average Bonchev–Trinajstić information content (AvgIpc) is 3.72. The fourth-order valence-electron chi connectivity index (χ4n) is 8.36. The Morgan fingerprint density at radius 1 is 0.974 bits per heavy atom. The highest BCUT2D eigenvalue weighted by Crippen LogP contribution is 2.68. The number of hydrogen-bond donors (Lipinski definition) is 0. The second-order valence-electron chi connectivity index (χ2n) is 12.4. The summed E-state index contributed by atoms with van der Waals surface area (Å²) in [6, 6.07) is 6.44. The molecular weight excluding hydrogens is 504 g/mol. The molecule has 4 fully saturated rings. The van der Waals surface area contributed by atoms with E-state index in [0.717, 1.165) is 32.1 Å². The minimum Gasteiger partial charge on any atom is -0.463 e. The van der Waals surface area contributed by atoms with E-state index in [4.69, 9.17) is 27.8 Å². The molecule has 4 aliphatic rings. The summed E-state index contributed by atoms with van der Waals surface area (Å²) >= 11 is 0. The highest BCUT2D eigenvalue weighted by Gasteiger charge is 2.70. The van der Waals surface area contributed by atoms with Crippen LogP contribution >= 0.6 is 0 Å². The predicted molar refractivity (Wildman–Crippen MR) is 136 cm³/mol. The zero-order chi connectivity index (χ0) is 27.5. The summed E-state index contributed by atoms with van der Waals surface area (Å²) in [6.45, 7) is 6.93. The van der Waals surface area contributed by atoms with Gasteiger partial charge in [-0.1, -0.05) is 20.8 Å². The minimum atomic E-state index is -0.703. The molecule has 0 unspecified atom stereocenters. The van der Waals surface area contributed by atoms with Gasteiger partial charge in [0.1, 0.15) is 24.9 Å². The van der Waals surface area contributed by atoms with E-state index >= 15 is 0 Å². The molecule has 0 bridgehead atoms. The molecule has 2 spiro atoms. The molecule has 6 rings (SSSR count). The lowest BCUT2D eigenvalue weighted by Crippen LogP contribution is -2.67. The molecular formula is C30H36O9. The first-order chi connectivity index (χ1) is 18.6. The molecule has 0 aromatic carbocycles. The number of cyclic esters (lactones) is 1.